The van der Waals surface area contributed by atoms with Crippen LogP contribution in [0.1, 0.15) is 6.92 Å². The van der Waals surface area contributed by atoms with Gasteiger partial charge in [0.15, 0.2) is 0 Å². The highest BCUT2D eigenvalue weighted by Gasteiger charge is 2.02. The van der Waals surface area contributed by atoms with E-state index in [-0.39, 0.29) is 0 Å². The summed E-state index contributed by atoms with van der Waals surface area (Å²) >= 11 is 3.37. The van der Waals surface area contributed by atoms with E-state index in [0.717, 1.165) is 15.5 Å². The molecule has 0 bridgehead atoms. The van der Waals surface area contributed by atoms with Gasteiger partial charge < -0.3 is 4.84 Å². The van der Waals surface area contributed by atoms with Crippen molar-refractivity contribution in [2.24, 2.45) is 0 Å². The summed E-state index contributed by atoms with van der Waals surface area (Å²) in [5.74, 6) is 0. The first-order chi connectivity index (χ1) is 6.31. The molecule has 13 heavy (non-hydrogen) atoms. The van der Waals surface area contributed by atoms with Gasteiger partial charge in [0.05, 0.1) is 5.52 Å². The molecule has 0 saturated heterocycles. The lowest BCUT2D eigenvalue weighted by atomic mass is 10.4. The lowest BCUT2D eigenvalue weighted by molar-refractivity contribution is 0.132. The molecule has 0 aromatic carbocycles. The monoisotopic (exact) mass is 240 g/mol. The van der Waals surface area contributed by atoms with Gasteiger partial charge in [0.25, 0.3) is 0 Å². The summed E-state index contributed by atoms with van der Waals surface area (Å²) in [5.41, 5.74) is 1.92. The highest BCUT2D eigenvalue weighted by molar-refractivity contribution is 9.10. The van der Waals surface area contributed by atoms with Crippen LogP contribution in [0.15, 0.2) is 29.0 Å². The molecule has 0 aliphatic rings. The molecule has 0 aliphatic heterocycles. The Kier molecular flexibility index (Phi) is 2.22. The van der Waals surface area contributed by atoms with Crippen molar-refractivity contribution in [2.45, 2.75) is 6.92 Å². The fourth-order valence-electron chi connectivity index (χ4n) is 1.21. The molecular weight excluding hydrogens is 232 g/mol. The molecule has 0 spiro atoms. The summed E-state index contributed by atoms with van der Waals surface area (Å²) in [5, 5.41) is 0. The number of hydrogen-bond donors (Lipinski definition) is 0. The first kappa shape index (κ1) is 8.56. The average Bonchev–Trinajstić information content (AvgIpc) is 2.49. The Morgan fingerprint density at radius 2 is 2.46 bits per heavy atom. The molecule has 0 saturated carbocycles. The molecule has 4 heteroatoms. The molecule has 68 valence electrons. The predicted octanol–water partition coefficient (Wildman–Crippen LogP) is 2.25. The van der Waals surface area contributed by atoms with Gasteiger partial charge in [-0.3, -0.25) is 4.98 Å². The van der Waals surface area contributed by atoms with Crippen LogP contribution >= 0.6 is 15.9 Å². The third-order valence-electron chi connectivity index (χ3n) is 1.74. The van der Waals surface area contributed by atoms with Gasteiger partial charge in [-0.1, -0.05) is 0 Å². The van der Waals surface area contributed by atoms with Crippen molar-refractivity contribution >= 4 is 27.0 Å². The number of pyridine rings is 1. The Balaban J connectivity index is 2.58. The Labute approximate surface area is 84.4 Å². The predicted molar refractivity (Wildman–Crippen MR) is 54.6 cm³/mol. The molecule has 2 aromatic heterocycles. The zero-order chi connectivity index (χ0) is 9.26. The molecular formula is C9H9BrN2O. The minimum absolute atomic E-state index is 0.649. The van der Waals surface area contributed by atoms with E-state index in [4.69, 9.17) is 4.84 Å². The maximum Gasteiger partial charge on any atom is 0.112 e. The summed E-state index contributed by atoms with van der Waals surface area (Å²) in [6.45, 7) is 2.60. The zero-order valence-corrected chi connectivity index (χ0v) is 8.78. The van der Waals surface area contributed by atoms with Gasteiger partial charge in [0, 0.05) is 16.9 Å². The van der Waals surface area contributed by atoms with Gasteiger partial charge in [-0.05, 0) is 35.0 Å². The van der Waals surface area contributed by atoms with Crippen molar-refractivity contribution in [3.63, 3.8) is 0 Å². The van der Waals surface area contributed by atoms with E-state index in [1.165, 1.54) is 0 Å². The molecule has 0 fully saturated rings. The number of fused-ring (bicyclic) bond motifs is 1. The van der Waals surface area contributed by atoms with Crippen molar-refractivity contribution in [1.29, 1.82) is 0 Å². The van der Waals surface area contributed by atoms with Crippen LogP contribution < -0.4 is 4.84 Å². The molecule has 0 N–H and O–H groups in total. The lowest BCUT2D eigenvalue weighted by Gasteiger charge is -2.04. The van der Waals surface area contributed by atoms with E-state index < -0.39 is 0 Å². The highest BCUT2D eigenvalue weighted by atomic mass is 79.9. The highest BCUT2D eigenvalue weighted by Crippen LogP contribution is 2.17. The Bertz CT molecular complexity index is 424. The van der Waals surface area contributed by atoms with Gasteiger partial charge in [-0.15, -0.1) is 0 Å². The van der Waals surface area contributed by atoms with Crippen molar-refractivity contribution in [3.8, 4) is 0 Å². The first-order valence-corrected chi connectivity index (χ1v) is 4.86. The van der Waals surface area contributed by atoms with E-state index in [1.807, 2.05) is 25.3 Å². The Morgan fingerprint density at radius 3 is 3.23 bits per heavy atom. The first-order valence-electron chi connectivity index (χ1n) is 4.07. The van der Waals surface area contributed by atoms with E-state index in [9.17, 15) is 0 Å². The molecule has 2 rings (SSSR count). The van der Waals surface area contributed by atoms with Gasteiger partial charge >= 0.3 is 0 Å². The smallest absolute Gasteiger partial charge is 0.112 e. The van der Waals surface area contributed by atoms with E-state index in [2.05, 4.69) is 20.9 Å². The van der Waals surface area contributed by atoms with E-state index in [1.54, 1.807) is 10.9 Å². The Hall–Kier alpha value is -1.03. The number of aromatic nitrogens is 2. The summed E-state index contributed by atoms with van der Waals surface area (Å²) in [6, 6.07) is 3.91. The Morgan fingerprint density at radius 1 is 1.62 bits per heavy atom. The molecule has 0 amide bonds. The normalized spacial score (nSPS) is 10.6. The van der Waals surface area contributed by atoms with E-state index in [0.29, 0.717) is 6.61 Å². The maximum absolute atomic E-state index is 5.37. The zero-order valence-electron chi connectivity index (χ0n) is 7.20. The quantitative estimate of drug-likeness (QED) is 0.806. The second kappa shape index (κ2) is 3.38. The minimum atomic E-state index is 0.649. The fraction of sp³-hybridized carbons (Fsp3) is 0.222. The van der Waals surface area contributed by atoms with Crippen molar-refractivity contribution in [3.05, 3.63) is 29.0 Å². The van der Waals surface area contributed by atoms with Crippen LogP contribution in [-0.2, 0) is 0 Å². The van der Waals surface area contributed by atoms with Crippen LogP contribution in [0.5, 0.6) is 0 Å². The standard InChI is InChI=1S/C9H9BrN2O/c1-2-13-12-4-3-8-9(12)5-7(10)6-11-8/h3-6H,2H2,1H3. The van der Waals surface area contributed by atoms with Crippen LogP contribution in [0.3, 0.4) is 0 Å². The molecule has 3 nitrogen and oxygen atoms in total. The number of nitrogens with zero attached hydrogens (tertiary/aromatic N) is 2. The summed E-state index contributed by atoms with van der Waals surface area (Å²) in [4.78, 5) is 9.61. The van der Waals surface area contributed by atoms with Crippen LogP contribution in [-0.4, -0.2) is 16.3 Å². The van der Waals surface area contributed by atoms with Gasteiger partial charge in [0.2, 0.25) is 0 Å². The summed E-state index contributed by atoms with van der Waals surface area (Å²) in [6.07, 6.45) is 3.65. The van der Waals surface area contributed by atoms with Crippen LogP contribution in [0, 0.1) is 0 Å². The topological polar surface area (TPSA) is 27.1 Å². The molecule has 2 heterocycles. The van der Waals surface area contributed by atoms with Crippen LogP contribution in [0.25, 0.3) is 11.0 Å². The maximum atomic E-state index is 5.37. The molecule has 0 atom stereocenters. The molecule has 2 aromatic rings. The largest absolute Gasteiger partial charge is 0.414 e. The summed E-state index contributed by atoms with van der Waals surface area (Å²) < 4.78 is 2.69. The minimum Gasteiger partial charge on any atom is -0.414 e. The van der Waals surface area contributed by atoms with Crippen LogP contribution in [0.4, 0.5) is 0 Å². The van der Waals surface area contributed by atoms with E-state index >= 15 is 0 Å². The fourth-order valence-corrected chi connectivity index (χ4v) is 1.53. The third-order valence-corrected chi connectivity index (χ3v) is 2.17. The second-order valence-electron chi connectivity index (χ2n) is 2.62. The molecule has 0 aliphatic carbocycles. The second-order valence-corrected chi connectivity index (χ2v) is 3.53. The average molecular weight is 241 g/mol. The summed E-state index contributed by atoms with van der Waals surface area (Å²) in [7, 11) is 0. The number of rotatable bonds is 2. The van der Waals surface area contributed by atoms with Crippen molar-refractivity contribution in [2.75, 3.05) is 6.61 Å². The van der Waals surface area contributed by atoms with Gasteiger partial charge in [0.1, 0.15) is 12.1 Å². The van der Waals surface area contributed by atoms with Crippen LogP contribution in [0.2, 0.25) is 0 Å². The van der Waals surface area contributed by atoms with Gasteiger partial charge in [-0.25, -0.2) is 0 Å². The van der Waals surface area contributed by atoms with Crippen molar-refractivity contribution in [1.82, 2.24) is 9.71 Å². The molecule has 0 unspecified atom stereocenters. The third kappa shape index (κ3) is 1.54. The molecule has 0 radical (unpaired) electrons. The number of hydrogen-bond acceptors (Lipinski definition) is 2. The SMILES string of the molecule is CCOn1ccc2ncc(Br)cc21. The number of halogens is 1. The van der Waals surface area contributed by atoms with Crippen molar-refractivity contribution < 1.29 is 4.84 Å². The lowest BCUT2D eigenvalue weighted by Crippen LogP contribution is -2.08. The van der Waals surface area contributed by atoms with Gasteiger partial charge in [-0.2, -0.15) is 4.73 Å².